The molecule has 2 aliphatic heterocycles. The number of anilines is 1. The van der Waals surface area contributed by atoms with Gasteiger partial charge in [0.05, 0.1) is 32.3 Å². The summed E-state index contributed by atoms with van der Waals surface area (Å²) in [5, 5.41) is 0. The number of hydrogen-bond donors (Lipinski definition) is 0. The van der Waals surface area contributed by atoms with Crippen LogP contribution in [0.4, 0.5) is 5.82 Å². The van der Waals surface area contributed by atoms with Gasteiger partial charge in [0.25, 0.3) is 0 Å². The summed E-state index contributed by atoms with van der Waals surface area (Å²) in [6.45, 7) is 5.85. The Labute approximate surface area is 152 Å². The van der Waals surface area contributed by atoms with Crippen LogP contribution in [0, 0.1) is 0 Å². The average molecular weight is 381 g/mol. The molecular formula is C16H23N5O4S. The topological polar surface area (TPSA) is 92.0 Å². The Morgan fingerprint density at radius 3 is 2.50 bits per heavy atom. The quantitative estimate of drug-likeness (QED) is 0.738. The number of fused-ring (bicyclic) bond motifs is 1. The van der Waals surface area contributed by atoms with Crippen LogP contribution in [-0.2, 0) is 21.3 Å². The molecule has 4 rings (SSSR count). The number of sulfonamides is 1. The molecule has 0 atom stereocenters. The minimum atomic E-state index is -3.12. The molecule has 0 spiro atoms. The highest BCUT2D eigenvalue weighted by atomic mass is 32.2. The minimum Gasteiger partial charge on any atom is -0.459 e. The van der Waals surface area contributed by atoms with E-state index in [1.54, 1.807) is 6.26 Å². The smallest absolute Gasteiger partial charge is 0.211 e. The van der Waals surface area contributed by atoms with Gasteiger partial charge in [0.2, 0.25) is 10.0 Å². The Bertz CT molecular complexity index is 870. The second-order valence-corrected chi connectivity index (χ2v) is 8.62. The number of morpholine rings is 1. The normalized spacial score (nSPS) is 20.7. The monoisotopic (exact) mass is 381 g/mol. The molecule has 2 fully saturated rings. The maximum atomic E-state index is 11.6. The number of nitrogens with zero attached hydrogens (tertiary/aromatic N) is 5. The van der Waals surface area contributed by atoms with E-state index in [-0.39, 0.29) is 0 Å². The zero-order chi connectivity index (χ0) is 18.1. The third-order valence-corrected chi connectivity index (χ3v) is 6.11. The predicted octanol–water partition coefficient (Wildman–Crippen LogP) is 0.137. The summed E-state index contributed by atoms with van der Waals surface area (Å²) >= 11 is 0. The van der Waals surface area contributed by atoms with E-state index in [0.29, 0.717) is 51.5 Å². The average Bonchev–Trinajstić information content (AvgIpc) is 3.10. The van der Waals surface area contributed by atoms with Gasteiger partial charge in [-0.2, -0.15) is 4.31 Å². The maximum Gasteiger partial charge on any atom is 0.211 e. The van der Waals surface area contributed by atoms with Crippen LogP contribution in [-0.4, -0.2) is 86.3 Å². The van der Waals surface area contributed by atoms with E-state index in [1.807, 2.05) is 6.07 Å². The second-order valence-electron chi connectivity index (χ2n) is 6.64. The molecule has 2 aromatic heterocycles. The van der Waals surface area contributed by atoms with Crippen molar-refractivity contribution in [1.29, 1.82) is 0 Å². The molecule has 9 nitrogen and oxygen atoms in total. The summed E-state index contributed by atoms with van der Waals surface area (Å²) in [6, 6.07) is 1.85. The Balaban J connectivity index is 1.52. The van der Waals surface area contributed by atoms with Crippen LogP contribution in [0.3, 0.4) is 0 Å². The van der Waals surface area contributed by atoms with Crippen molar-refractivity contribution >= 4 is 26.9 Å². The first-order chi connectivity index (χ1) is 12.5. The molecule has 10 heteroatoms. The number of furan rings is 1. The van der Waals surface area contributed by atoms with Crippen LogP contribution < -0.4 is 4.90 Å². The Morgan fingerprint density at radius 2 is 1.81 bits per heavy atom. The van der Waals surface area contributed by atoms with Gasteiger partial charge in [-0.05, 0) is 0 Å². The fourth-order valence-corrected chi connectivity index (χ4v) is 4.20. The lowest BCUT2D eigenvalue weighted by Crippen LogP contribution is -2.48. The molecule has 26 heavy (non-hydrogen) atoms. The summed E-state index contributed by atoms with van der Waals surface area (Å²) in [6.07, 6.45) is 2.89. The summed E-state index contributed by atoms with van der Waals surface area (Å²) in [4.78, 5) is 13.7. The van der Waals surface area contributed by atoms with Crippen molar-refractivity contribution in [3.63, 3.8) is 0 Å². The fourth-order valence-electron chi connectivity index (χ4n) is 3.37. The van der Waals surface area contributed by atoms with Crippen LogP contribution in [0.15, 0.2) is 16.7 Å². The molecule has 2 aliphatic rings. The Kier molecular flexibility index (Phi) is 4.82. The molecule has 0 N–H and O–H groups in total. The largest absolute Gasteiger partial charge is 0.459 e. The minimum absolute atomic E-state index is 0.503. The number of ether oxygens (including phenoxy) is 1. The van der Waals surface area contributed by atoms with Crippen molar-refractivity contribution in [2.45, 2.75) is 6.54 Å². The second kappa shape index (κ2) is 7.10. The van der Waals surface area contributed by atoms with Gasteiger partial charge in [0.15, 0.2) is 11.4 Å². The first kappa shape index (κ1) is 17.7. The fraction of sp³-hybridized carbons (Fsp3) is 0.625. The molecule has 4 heterocycles. The number of aromatic nitrogens is 2. The first-order valence-electron chi connectivity index (χ1n) is 8.75. The van der Waals surface area contributed by atoms with Crippen LogP contribution in [0.1, 0.15) is 5.82 Å². The lowest BCUT2D eigenvalue weighted by atomic mass is 10.3. The molecule has 0 aromatic carbocycles. The van der Waals surface area contributed by atoms with Gasteiger partial charge in [0.1, 0.15) is 11.3 Å². The van der Waals surface area contributed by atoms with Crippen molar-refractivity contribution < 1.29 is 17.6 Å². The first-order valence-corrected chi connectivity index (χ1v) is 10.6. The number of hydrogen-bond acceptors (Lipinski definition) is 8. The summed E-state index contributed by atoms with van der Waals surface area (Å²) in [5.74, 6) is 1.54. The van der Waals surface area contributed by atoms with Gasteiger partial charge in [-0.15, -0.1) is 0 Å². The highest BCUT2D eigenvalue weighted by molar-refractivity contribution is 7.88. The molecule has 0 radical (unpaired) electrons. The molecule has 0 amide bonds. The summed E-state index contributed by atoms with van der Waals surface area (Å²) < 4.78 is 35.8. The Morgan fingerprint density at radius 1 is 1.08 bits per heavy atom. The summed E-state index contributed by atoms with van der Waals surface area (Å²) in [7, 11) is -3.12. The maximum absolute atomic E-state index is 11.6. The highest BCUT2D eigenvalue weighted by Crippen LogP contribution is 2.26. The zero-order valence-corrected chi connectivity index (χ0v) is 15.6. The van der Waals surface area contributed by atoms with E-state index in [4.69, 9.17) is 14.1 Å². The van der Waals surface area contributed by atoms with E-state index in [1.165, 1.54) is 10.6 Å². The molecular weight excluding hydrogens is 358 g/mol. The standard InChI is InChI=1S/C16H23N5O4S/c1-26(22,23)21-5-3-19(4-6-21)12-14-17-13-2-9-25-15(13)16(18-14)20-7-10-24-11-8-20/h2,9H,3-8,10-12H2,1H3. The van der Waals surface area contributed by atoms with Crippen LogP contribution >= 0.6 is 0 Å². The van der Waals surface area contributed by atoms with Gasteiger partial charge in [-0.1, -0.05) is 0 Å². The lowest BCUT2D eigenvalue weighted by molar-refractivity contribution is 0.122. The highest BCUT2D eigenvalue weighted by Gasteiger charge is 2.25. The zero-order valence-electron chi connectivity index (χ0n) is 14.8. The number of rotatable bonds is 4. The van der Waals surface area contributed by atoms with Crippen molar-refractivity contribution in [1.82, 2.24) is 19.2 Å². The number of piperazine rings is 1. The van der Waals surface area contributed by atoms with Crippen LogP contribution in [0.2, 0.25) is 0 Å². The van der Waals surface area contributed by atoms with Crippen molar-refractivity contribution in [2.75, 3.05) is 63.6 Å². The molecule has 0 bridgehead atoms. The molecule has 0 aliphatic carbocycles. The molecule has 0 unspecified atom stereocenters. The Hall–Kier alpha value is -1.75. The van der Waals surface area contributed by atoms with E-state index in [2.05, 4.69) is 14.8 Å². The van der Waals surface area contributed by atoms with Gasteiger partial charge in [0, 0.05) is 45.3 Å². The van der Waals surface area contributed by atoms with Crippen molar-refractivity contribution in [3.8, 4) is 0 Å². The van der Waals surface area contributed by atoms with E-state index in [9.17, 15) is 8.42 Å². The van der Waals surface area contributed by atoms with Crippen LogP contribution in [0.5, 0.6) is 0 Å². The van der Waals surface area contributed by atoms with Crippen molar-refractivity contribution in [3.05, 3.63) is 18.2 Å². The predicted molar refractivity (Wildman–Crippen MR) is 96.5 cm³/mol. The third-order valence-electron chi connectivity index (χ3n) is 4.81. The third kappa shape index (κ3) is 3.68. The van der Waals surface area contributed by atoms with Gasteiger partial charge in [-0.25, -0.2) is 18.4 Å². The van der Waals surface area contributed by atoms with Gasteiger partial charge >= 0.3 is 0 Å². The molecule has 2 aromatic rings. The SMILES string of the molecule is CS(=O)(=O)N1CCN(Cc2nc(N3CCOCC3)c3occc3n2)CC1. The molecule has 142 valence electrons. The van der Waals surface area contributed by atoms with E-state index in [0.717, 1.165) is 30.2 Å². The van der Waals surface area contributed by atoms with Gasteiger partial charge in [-0.3, -0.25) is 4.90 Å². The van der Waals surface area contributed by atoms with Gasteiger partial charge < -0.3 is 14.1 Å². The van der Waals surface area contributed by atoms with Crippen LogP contribution in [0.25, 0.3) is 11.1 Å². The van der Waals surface area contributed by atoms with E-state index < -0.39 is 10.0 Å². The molecule has 2 saturated heterocycles. The van der Waals surface area contributed by atoms with Crippen molar-refractivity contribution in [2.24, 2.45) is 0 Å². The summed E-state index contributed by atoms with van der Waals surface area (Å²) in [5.41, 5.74) is 1.50. The lowest BCUT2D eigenvalue weighted by Gasteiger charge is -2.33. The molecule has 0 saturated carbocycles. The van der Waals surface area contributed by atoms with E-state index >= 15 is 0 Å².